The van der Waals surface area contributed by atoms with E-state index in [2.05, 4.69) is 20.9 Å². The highest BCUT2D eigenvalue weighted by atomic mass is 79.9. The quantitative estimate of drug-likeness (QED) is 0.528. The number of fused-ring (bicyclic) bond motifs is 3. The van der Waals surface area contributed by atoms with Crippen LogP contribution in [0.15, 0.2) is 45.9 Å². The molecule has 0 unspecified atom stereocenters. The molecule has 2 aromatic carbocycles. The molecule has 0 radical (unpaired) electrons. The third kappa shape index (κ3) is 2.06. The number of benzene rings is 2. The van der Waals surface area contributed by atoms with Crippen LogP contribution in [0.3, 0.4) is 0 Å². The van der Waals surface area contributed by atoms with E-state index < -0.39 is 0 Å². The van der Waals surface area contributed by atoms with Crippen LogP contribution in [0.4, 0.5) is 5.69 Å². The molecule has 0 bridgehead atoms. The SMILES string of the molecule is CN(C)C=Nc1cc2c(cc1Br)-c1ccccc1C2=O. The van der Waals surface area contributed by atoms with Crippen LogP contribution in [0.25, 0.3) is 11.1 Å². The minimum Gasteiger partial charge on any atom is -0.369 e. The molecule has 0 aromatic heterocycles. The normalized spacial score (nSPS) is 12.7. The fraction of sp³-hybridized carbons (Fsp3) is 0.125. The molecule has 1 aliphatic rings. The Morgan fingerprint density at radius 3 is 2.45 bits per heavy atom. The number of hydrogen-bond donors (Lipinski definition) is 0. The van der Waals surface area contributed by atoms with Crippen molar-refractivity contribution in [3.63, 3.8) is 0 Å². The number of aliphatic imine (C=N–C) groups is 1. The van der Waals surface area contributed by atoms with Gasteiger partial charge in [-0.05, 0) is 39.2 Å². The number of carbonyl (C=O) groups is 1. The highest BCUT2D eigenvalue weighted by Crippen LogP contribution is 2.41. The van der Waals surface area contributed by atoms with E-state index in [1.807, 2.05) is 55.4 Å². The molecule has 3 rings (SSSR count). The third-order valence-corrected chi connectivity index (χ3v) is 3.86. The van der Waals surface area contributed by atoms with Crippen molar-refractivity contribution in [2.24, 2.45) is 4.99 Å². The summed E-state index contributed by atoms with van der Waals surface area (Å²) >= 11 is 3.53. The number of hydrogen-bond acceptors (Lipinski definition) is 2. The fourth-order valence-corrected chi connectivity index (χ4v) is 2.76. The van der Waals surface area contributed by atoms with Crippen molar-refractivity contribution in [3.05, 3.63) is 52.0 Å². The van der Waals surface area contributed by atoms with Crippen LogP contribution in [0.1, 0.15) is 15.9 Å². The second-order valence-electron chi connectivity index (χ2n) is 4.93. The molecule has 0 N–H and O–H groups in total. The average Bonchev–Trinajstić information content (AvgIpc) is 2.70. The van der Waals surface area contributed by atoms with Gasteiger partial charge in [0.25, 0.3) is 0 Å². The van der Waals surface area contributed by atoms with Gasteiger partial charge in [0, 0.05) is 29.7 Å². The smallest absolute Gasteiger partial charge is 0.194 e. The molecule has 4 heteroatoms. The van der Waals surface area contributed by atoms with Crippen LogP contribution in [0.2, 0.25) is 0 Å². The molecule has 0 amide bonds. The summed E-state index contributed by atoms with van der Waals surface area (Å²) in [6.07, 6.45) is 1.72. The lowest BCUT2D eigenvalue weighted by atomic mass is 10.1. The van der Waals surface area contributed by atoms with Crippen LogP contribution in [-0.2, 0) is 0 Å². The maximum absolute atomic E-state index is 12.4. The number of carbonyl (C=O) groups excluding carboxylic acids is 1. The summed E-state index contributed by atoms with van der Waals surface area (Å²) < 4.78 is 0.888. The Morgan fingerprint density at radius 1 is 1.05 bits per heavy atom. The lowest BCUT2D eigenvalue weighted by molar-refractivity contribution is 0.104. The van der Waals surface area contributed by atoms with Crippen LogP contribution in [-0.4, -0.2) is 31.1 Å². The van der Waals surface area contributed by atoms with E-state index in [0.29, 0.717) is 0 Å². The summed E-state index contributed by atoms with van der Waals surface area (Å²) in [5.74, 6) is 0.0735. The maximum atomic E-state index is 12.4. The van der Waals surface area contributed by atoms with E-state index in [-0.39, 0.29) is 5.78 Å². The lowest BCUT2D eigenvalue weighted by Gasteiger charge is -2.06. The Morgan fingerprint density at radius 2 is 1.75 bits per heavy atom. The van der Waals surface area contributed by atoms with Gasteiger partial charge in [-0.25, -0.2) is 4.99 Å². The minimum atomic E-state index is 0.0735. The molecule has 100 valence electrons. The predicted octanol–water partition coefficient (Wildman–Crippen LogP) is 3.88. The zero-order valence-corrected chi connectivity index (χ0v) is 12.8. The van der Waals surface area contributed by atoms with Crippen molar-refractivity contribution >= 4 is 33.7 Å². The van der Waals surface area contributed by atoms with Crippen molar-refractivity contribution in [1.82, 2.24) is 4.90 Å². The number of halogens is 1. The Kier molecular flexibility index (Phi) is 3.18. The monoisotopic (exact) mass is 328 g/mol. The van der Waals surface area contributed by atoms with Crippen LogP contribution >= 0.6 is 15.9 Å². The molecular weight excluding hydrogens is 316 g/mol. The minimum absolute atomic E-state index is 0.0735. The van der Waals surface area contributed by atoms with Gasteiger partial charge in [0.1, 0.15) is 0 Å². The first-order chi connectivity index (χ1) is 9.58. The topological polar surface area (TPSA) is 32.7 Å². The van der Waals surface area contributed by atoms with Gasteiger partial charge in [-0.15, -0.1) is 0 Å². The molecule has 3 nitrogen and oxygen atoms in total. The summed E-state index contributed by atoms with van der Waals surface area (Å²) in [5, 5.41) is 0. The maximum Gasteiger partial charge on any atom is 0.194 e. The number of ketones is 1. The number of nitrogens with zero attached hydrogens (tertiary/aromatic N) is 2. The van der Waals surface area contributed by atoms with Gasteiger partial charge in [-0.3, -0.25) is 4.79 Å². The highest BCUT2D eigenvalue weighted by Gasteiger charge is 2.27. The first-order valence-corrected chi connectivity index (χ1v) is 7.05. The van der Waals surface area contributed by atoms with Crippen LogP contribution in [0, 0.1) is 0 Å². The molecule has 20 heavy (non-hydrogen) atoms. The Balaban J connectivity index is 2.15. The molecule has 0 atom stereocenters. The molecule has 0 fully saturated rings. The second kappa shape index (κ2) is 4.87. The van der Waals surface area contributed by atoms with E-state index in [1.54, 1.807) is 6.34 Å². The highest BCUT2D eigenvalue weighted by molar-refractivity contribution is 9.10. The molecule has 0 heterocycles. The van der Waals surface area contributed by atoms with Crippen molar-refractivity contribution in [3.8, 4) is 11.1 Å². The average molecular weight is 329 g/mol. The van der Waals surface area contributed by atoms with Gasteiger partial charge in [0.05, 0.1) is 12.0 Å². The van der Waals surface area contributed by atoms with E-state index in [1.165, 1.54) is 0 Å². The Labute approximate surface area is 126 Å². The van der Waals surface area contributed by atoms with Gasteiger partial charge >= 0.3 is 0 Å². The molecule has 0 spiro atoms. The van der Waals surface area contributed by atoms with Crippen molar-refractivity contribution in [1.29, 1.82) is 0 Å². The first kappa shape index (κ1) is 13.1. The molecule has 1 aliphatic carbocycles. The standard InChI is InChI=1S/C16H13BrN2O/c1-19(2)9-18-15-8-13-12(7-14(15)17)10-5-3-4-6-11(10)16(13)20/h3-9H,1-2H3. The van der Waals surface area contributed by atoms with Gasteiger partial charge in [-0.2, -0.15) is 0 Å². The van der Waals surface area contributed by atoms with E-state index in [9.17, 15) is 4.79 Å². The largest absolute Gasteiger partial charge is 0.369 e. The van der Waals surface area contributed by atoms with Crippen molar-refractivity contribution < 1.29 is 4.79 Å². The summed E-state index contributed by atoms with van der Waals surface area (Å²) in [6.45, 7) is 0. The molecular formula is C16H13BrN2O. The lowest BCUT2D eigenvalue weighted by Crippen LogP contribution is -2.07. The number of rotatable bonds is 2. The molecule has 0 aliphatic heterocycles. The van der Waals surface area contributed by atoms with Crippen molar-refractivity contribution in [2.45, 2.75) is 0 Å². The summed E-state index contributed by atoms with van der Waals surface area (Å²) in [7, 11) is 3.82. The third-order valence-electron chi connectivity index (χ3n) is 3.22. The Bertz CT molecular complexity index is 735. The second-order valence-corrected chi connectivity index (χ2v) is 5.79. The van der Waals surface area contributed by atoms with Crippen LogP contribution < -0.4 is 0 Å². The van der Waals surface area contributed by atoms with E-state index in [4.69, 9.17) is 0 Å². The van der Waals surface area contributed by atoms with E-state index >= 15 is 0 Å². The van der Waals surface area contributed by atoms with Crippen LogP contribution in [0.5, 0.6) is 0 Å². The van der Waals surface area contributed by atoms with Crippen molar-refractivity contribution in [2.75, 3.05) is 14.1 Å². The predicted molar refractivity (Wildman–Crippen MR) is 84.8 cm³/mol. The zero-order chi connectivity index (χ0) is 14.3. The fourth-order valence-electron chi connectivity index (χ4n) is 2.31. The Hall–Kier alpha value is -1.94. The van der Waals surface area contributed by atoms with Gasteiger partial charge in [0.2, 0.25) is 0 Å². The summed E-state index contributed by atoms with van der Waals surface area (Å²) in [6, 6.07) is 11.5. The first-order valence-electron chi connectivity index (χ1n) is 6.26. The van der Waals surface area contributed by atoms with Gasteiger partial charge in [0.15, 0.2) is 5.78 Å². The molecule has 2 aromatic rings. The van der Waals surface area contributed by atoms with Gasteiger partial charge < -0.3 is 4.90 Å². The molecule has 0 saturated carbocycles. The van der Waals surface area contributed by atoms with E-state index in [0.717, 1.165) is 32.4 Å². The zero-order valence-electron chi connectivity index (χ0n) is 11.2. The molecule has 0 saturated heterocycles. The summed E-state index contributed by atoms with van der Waals surface area (Å²) in [5.41, 5.74) is 4.22. The summed E-state index contributed by atoms with van der Waals surface area (Å²) in [4.78, 5) is 18.7. The van der Waals surface area contributed by atoms with Gasteiger partial charge in [-0.1, -0.05) is 24.3 Å².